The third-order valence-corrected chi connectivity index (χ3v) is 1.88. The Kier molecular flexibility index (Phi) is 7.26. The first-order chi connectivity index (χ1) is 6.20. The smallest absolute Gasteiger partial charge is 0.305 e. The zero-order valence-electron chi connectivity index (χ0n) is 8.41. The average molecular weight is 186 g/mol. The van der Waals surface area contributed by atoms with Gasteiger partial charge in [-0.05, 0) is 25.7 Å². The summed E-state index contributed by atoms with van der Waals surface area (Å²) in [5.41, 5.74) is 0. The average Bonchev–Trinajstić information content (AvgIpc) is 2.05. The number of hydrogen-bond acceptors (Lipinski definition) is 3. The third-order valence-electron chi connectivity index (χ3n) is 1.88. The molecule has 0 aromatic carbocycles. The molecular formula is C10H18O3. The van der Waals surface area contributed by atoms with Gasteiger partial charge in [0.1, 0.15) is 6.29 Å². The van der Waals surface area contributed by atoms with Crippen molar-refractivity contribution in [3.8, 4) is 0 Å². The molecule has 0 rings (SSSR count). The van der Waals surface area contributed by atoms with Crippen LogP contribution in [0.15, 0.2) is 0 Å². The fourth-order valence-electron chi connectivity index (χ4n) is 1.11. The van der Waals surface area contributed by atoms with Crippen LogP contribution in [-0.4, -0.2) is 18.9 Å². The second kappa shape index (κ2) is 7.77. The van der Waals surface area contributed by atoms with Crippen LogP contribution in [0.2, 0.25) is 0 Å². The number of ether oxygens (including phenoxy) is 1. The van der Waals surface area contributed by atoms with Crippen molar-refractivity contribution in [3.05, 3.63) is 0 Å². The summed E-state index contributed by atoms with van der Waals surface area (Å²) in [4.78, 5) is 21.0. The molecule has 76 valence electrons. The Hall–Kier alpha value is -0.860. The largest absolute Gasteiger partial charge is 0.466 e. The van der Waals surface area contributed by atoms with Crippen molar-refractivity contribution in [2.75, 3.05) is 6.61 Å². The number of carbonyl (C=O) groups excluding carboxylic acids is 2. The van der Waals surface area contributed by atoms with Gasteiger partial charge in [-0.3, -0.25) is 4.79 Å². The molecule has 13 heavy (non-hydrogen) atoms. The lowest BCUT2D eigenvalue weighted by Gasteiger charge is -2.06. The van der Waals surface area contributed by atoms with Gasteiger partial charge in [0, 0.05) is 12.8 Å². The van der Waals surface area contributed by atoms with Crippen molar-refractivity contribution in [1.82, 2.24) is 0 Å². The lowest BCUT2D eigenvalue weighted by atomic mass is 10.0. The van der Waals surface area contributed by atoms with Crippen molar-refractivity contribution in [2.45, 2.75) is 39.5 Å². The Bertz CT molecular complexity index is 154. The Balaban J connectivity index is 3.33. The van der Waals surface area contributed by atoms with E-state index in [4.69, 9.17) is 4.74 Å². The molecule has 0 amide bonds. The molecule has 0 fully saturated rings. The normalized spacial score (nSPS) is 12.2. The molecule has 0 aromatic rings. The predicted molar refractivity (Wildman–Crippen MR) is 50.3 cm³/mol. The van der Waals surface area contributed by atoms with E-state index < -0.39 is 0 Å². The van der Waals surface area contributed by atoms with Crippen molar-refractivity contribution in [2.24, 2.45) is 5.92 Å². The highest BCUT2D eigenvalue weighted by molar-refractivity contribution is 5.69. The zero-order chi connectivity index (χ0) is 10.1. The fourth-order valence-corrected chi connectivity index (χ4v) is 1.11. The lowest BCUT2D eigenvalue weighted by Crippen LogP contribution is -2.04. The molecule has 0 heterocycles. The van der Waals surface area contributed by atoms with E-state index in [1.807, 2.05) is 6.92 Å². The van der Waals surface area contributed by atoms with E-state index in [9.17, 15) is 9.59 Å². The Morgan fingerprint density at radius 2 is 2.23 bits per heavy atom. The van der Waals surface area contributed by atoms with Crippen LogP contribution in [0.1, 0.15) is 39.5 Å². The van der Waals surface area contributed by atoms with Crippen LogP contribution in [-0.2, 0) is 14.3 Å². The van der Waals surface area contributed by atoms with Crippen LogP contribution in [0.3, 0.4) is 0 Å². The minimum absolute atomic E-state index is 0.138. The van der Waals surface area contributed by atoms with Crippen molar-refractivity contribution >= 4 is 12.3 Å². The maximum Gasteiger partial charge on any atom is 0.305 e. The summed E-state index contributed by atoms with van der Waals surface area (Å²) >= 11 is 0. The summed E-state index contributed by atoms with van der Waals surface area (Å²) in [6.07, 6.45) is 3.71. The summed E-state index contributed by atoms with van der Waals surface area (Å²) < 4.78 is 4.78. The minimum Gasteiger partial charge on any atom is -0.466 e. The van der Waals surface area contributed by atoms with E-state index in [2.05, 4.69) is 0 Å². The maximum absolute atomic E-state index is 10.9. The molecule has 0 spiro atoms. The summed E-state index contributed by atoms with van der Waals surface area (Å²) in [5.74, 6) is 0.243. The molecular weight excluding hydrogens is 168 g/mol. The molecule has 0 aliphatic rings. The van der Waals surface area contributed by atoms with Gasteiger partial charge in [0.2, 0.25) is 0 Å². The van der Waals surface area contributed by atoms with Gasteiger partial charge in [-0.15, -0.1) is 0 Å². The van der Waals surface area contributed by atoms with Gasteiger partial charge in [0.05, 0.1) is 6.61 Å². The van der Waals surface area contributed by atoms with Gasteiger partial charge >= 0.3 is 5.97 Å². The maximum atomic E-state index is 10.9. The second-order valence-electron chi connectivity index (χ2n) is 3.20. The van der Waals surface area contributed by atoms with E-state index in [0.717, 1.165) is 19.1 Å². The molecule has 0 aliphatic heterocycles. The van der Waals surface area contributed by atoms with E-state index >= 15 is 0 Å². The molecule has 0 saturated carbocycles. The van der Waals surface area contributed by atoms with Crippen LogP contribution >= 0.6 is 0 Å². The number of aldehydes is 1. The Morgan fingerprint density at radius 1 is 1.54 bits per heavy atom. The van der Waals surface area contributed by atoms with Crippen LogP contribution in [0, 0.1) is 5.92 Å². The first-order valence-corrected chi connectivity index (χ1v) is 4.80. The van der Waals surface area contributed by atoms with Crippen LogP contribution in [0.4, 0.5) is 0 Å². The number of carbonyl (C=O) groups is 2. The van der Waals surface area contributed by atoms with E-state index in [1.165, 1.54) is 0 Å². The molecule has 0 N–H and O–H groups in total. The lowest BCUT2D eigenvalue weighted by molar-refractivity contribution is -0.143. The first kappa shape index (κ1) is 12.1. The van der Waals surface area contributed by atoms with Gasteiger partial charge < -0.3 is 9.53 Å². The van der Waals surface area contributed by atoms with Gasteiger partial charge in [0.25, 0.3) is 0 Å². The van der Waals surface area contributed by atoms with Gasteiger partial charge in [0.15, 0.2) is 0 Å². The highest BCUT2D eigenvalue weighted by Gasteiger charge is 2.04. The minimum atomic E-state index is -0.138. The highest BCUT2D eigenvalue weighted by atomic mass is 16.5. The summed E-state index contributed by atoms with van der Waals surface area (Å²) in [5, 5.41) is 0. The monoisotopic (exact) mass is 186 g/mol. The molecule has 3 heteroatoms. The number of hydrogen-bond donors (Lipinski definition) is 0. The first-order valence-electron chi connectivity index (χ1n) is 4.80. The molecule has 1 atom stereocenters. The zero-order valence-corrected chi connectivity index (χ0v) is 8.41. The molecule has 0 radical (unpaired) electrons. The Morgan fingerprint density at radius 3 is 2.77 bits per heavy atom. The molecule has 0 aromatic heterocycles. The molecule has 0 bridgehead atoms. The third kappa shape index (κ3) is 7.50. The second-order valence-corrected chi connectivity index (χ2v) is 3.20. The van der Waals surface area contributed by atoms with Crippen molar-refractivity contribution < 1.29 is 14.3 Å². The van der Waals surface area contributed by atoms with Crippen LogP contribution < -0.4 is 0 Å². The van der Waals surface area contributed by atoms with Crippen molar-refractivity contribution in [1.29, 1.82) is 0 Å². The summed E-state index contributed by atoms with van der Waals surface area (Å²) in [6, 6.07) is 0. The topological polar surface area (TPSA) is 43.4 Å². The Labute approximate surface area is 79.5 Å². The van der Waals surface area contributed by atoms with Crippen molar-refractivity contribution in [3.63, 3.8) is 0 Å². The standard InChI is InChI=1S/C10H18O3/c1-3-13-10(12)6-4-5-9(2)7-8-11/h8-9H,3-7H2,1-2H3. The SMILES string of the molecule is CCOC(=O)CCCC(C)CC=O. The number of esters is 1. The highest BCUT2D eigenvalue weighted by Crippen LogP contribution is 2.10. The number of rotatable bonds is 7. The molecule has 1 unspecified atom stereocenters. The predicted octanol–water partition coefficient (Wildman–Crippen LogP) is 1.94. The van der Waals surface area contributed by atoms with Crippen LogP contribution in [0.25, 0.3) is 0 Å². The van der Waals surface area contributed by atoms with Gasteiger partial charge in [-0.1, -0.05) is 6.92 Å². The molecule has 3 nitrogen and oxygen atoms in total. The summed E-state index contributed by atoms with van der Waals surface area (Å²) in [6.45, 7) is 4.26. The van der Waals surface area contributed by atoms with E-state index in [1.54, 1.807) is 6.92 Å². The van der Waals surface area contributed by atoms with Crippen LogP contribution in [0.5, 0.6) is 0 Å². The van der Waals surface area contributed by atoms with Gasteiger partial charge in [-0.25, -0.2) is 0 Å². The quantitative estimate of drug-likeness (QED) is 0.451. The molecule has 0 aliphatic carbocycles. The molecule has 0 saturated heterocycles. The van der Waals surface area contributed by atoms with E-state index in [-0.39, 0.29) is 5.97 Å². The van der Waals surface area contributed by atoms with Gasteiger partial charge in [-0.2, -0.15) is 0 Å². The summed E-state index contributed by atoms with van der Waals surface area (Å²) in [7, 11) is 0. The van der Waals surface area contributed by atoms with E-state index in [0.29, 0.717) is 25.4 Å². The fraction of sp³-hybridized carbons (Fsp3) is 0.800.